The van der Waals surface area contributed by atoms with Crippen molar-refractivity contribution in [2.75, 3.05) is 7.05 Å². The van der Waals surface area contributed by atoms with Gasteiger partial charge in [-0.2, -0.15) is 0 Å². The fourth-order valence-corrected chi connectivity index (χ4v) is 2.78. The molecule has 1 unspecified atom stereocenters. The Labute approximate surface area is 138 Å². The van der Waals surface area contributed by atoms with Gasteiger partial charge < -0.3 is 5.32 Å². The summed E-state index contributed by atoms with van der Waals surface area (Å²) in [6, 6.07) is 8.20. The number of rotatable bonds is 5. The molecule has 5 nitrogen and oxygen atoms in total. The maximum Gasteiger partial charge on any atom is 0.251 e. The Morgan fingerprint density at radius 3 is 2.21 bits per heavy atom. The molecule has 0 aliphatic heterocycles. The highest BCUT2D eigenvalue weighted by Gasteiger charge is 2.15. The number of benzene rings is 2. The molecule has 2 N–H and O–H groups in total. The van der Waals surface area contributed by atoms with Crippen LogP contribution in [-0.4, -0.2) is 21.4 Å². The van der Waals surface area contributed by atoms with Crippen LogP contribution in [0.3, 0.4) is 0 Å². The van der Waals surface area contributed by atoms with E-state index < -0.39 is 33.6 Å². The first-order valence-corrected chi connectivity index (χ1v) is 8.52. The zero-order valence-electron chi connectivity index (χ0n) is 13.0. The van der Waals surface area contributed by atoms with Gasteiger partial charge in [-0.3, -0.25) is 4.79 Å². The van der Waals surface area contributed by atoms with Gasteiger partial charge in [-0.15, -0.1) is 0 Å². The summed E-state index contributed by atoms with van der Waals surface area (Å²) in [5.41, 5.74) is 0.663. The average molecular weight is 354 g/mol. The molecule has 0 aliphatic rings. The number of sulfonamides is 1. The SMILES string of the molecule is CNS(=O)(=O)c1ccc(C(=O)NC(C)c2ccc(F)c(F)c2)cc1. The first-order chi connectivity index (χ1) is 11.2. The largest absolute Gasteiger partial charge is 0.346 e. The van der Waals surface area contributed by atoms with Crippen molar-refractivity contribution in [1.82, 2.24) is 10.0 Å². The lowest BCUT2D eigenvalue weighted by atomic mass is 10.1. The second kappa shape index (κ2) is 7.06. The Morgan fingerprint density at radius 2 is 1.67 bits per heavy atom. The van der Waals surface area contributed by atoms with Gasteiger partial charge in [0.2, 0.25) is 10.0 Å². The minimum absolute atomic E-state index is 0.0372. The molecule has 0 aromatic heterocycles. The highest BCUT2D eigenvalue weighted by molar-refractivity contribution is 7.89. The Hall–Kier alpha value is -2.32. The Morgan fingerprint density at radius 1 is 1.04 bits per heavy atom. The summed E-state index contributed by atoms with van der Waals surface area (Å²) in [7, 11) is -2.28. The van der Waals surface area contributed by atoms with Gasteiger partial charge >= 0.3 is 0 Å². The summed E-state index contributed by atoms with van der Waals surface area (Å²) < 4.78 is 51.6. The summed E-state index contributed by atoms with van der Waals surface area (Å²) in [5, 5.41) is 2.64. The highest BCUT2D eigenvalue weighted by atomic mass is 32.2. The maximum atomic E-state index is 13.2. The summed E-state index contributed by atoms with van der Waals surface area (Å²) in [6.07, 6.45) is 0. The predicted octanol–water partition coefficient (Wildman–Crippen LogP) is 2.36. The smallest absolute Gasteiger partial charge is 0.251 e. The van der Waals surface area contributed by atoms with Gasteiger partial charge in [-0.25, -0.2) is 21.9 Å². The van der Waals surface area contributed by atoms with Crippen molar-refractivity contribution < 1.29 is 22.0 Å². The van der Waals surface area contributed by atoms with E-state index in [9.17, 15) is 22.0 Å². The topological polar surface area (TPSA) is 75.3 Å². The molecule has 128 valence electrons. The lowest BCUT2D eigenvalue weighted by molar-refractivity contribution is 0.0939. The van der Waals surface area contributed by atoms with Gasteiger partial charge in [0.05, 0.1) is 10.9 Å². The lowest BCUT2D eigenvalue weighted by Gasteiger charge is -2.15. The van der Waals surface area contributed by atoms with Gasteiger partial charge in [0, 0.05) is 5.56 Å². The van der Waals surface area contributed by atoms with Crippen LogP contribution in [0.2, 0.25) is 0 Å². The van der Waals surface area contributed by atoms with Gasteiger partial charge in [0.25, 0.3) is 5.91 Å². The molecule has 2 aromatic rings. The van der Waals surface area contributed by atoms with Crippen LogP contribution in [0, 0.1) is 11.6 Å². The normalized spacial score (nSPS) is 12.7. The minimum atomic E-state index is -3.57. The molecular formula is C16H16F2N2O3S. The second-order valence-corrected chi connectivity index (χ2v) is 6.99. The van der Waals surface area contributed by atoms with Gasteiger partial charge in [-0.1, -0.05) is 6.07 Å². The molecule has 0 aliphatic carbocycles. The molecule has 24 heavy (non-hydrogen) atoms. The molecular weight excluding hydrogens is 338 g/mol. The fourth-order valence-electron chi connectivity index (χ4n) is 2.05. The molecule has 0 bridgehead atoms. The zero-order chi connectivity index (χ0) is 17.9. The average Bonchev–Trinajstić information content (AvgIpc) is 2.57. The van der Waals surface area contributed by atoms with Crippen molar-refractivity contribution in [3.63, 3.8) is 0 Å². The van der Waals surface area contributed by atoms with Gasteiger partial charge in [0.15, 0.2) is 11.6 Å². The van der Waals surface area contributed by atoms with E-state index in [0.717, 1.165) is 12.1 Å². The van der Waals surface area contributed by atoms with Crippen LogP contribution in [0.15, 0.2) is 47.4 Å². The van der Waals surface area contributed by atoms with E-state index in [-0.39, 0.29) is 10.5 Å². The highest BCUT2D eigenvalue weighted by Crippen LogP contribution is 2.17. The molecule has 2 aromatic carbocycles. The third-order valence-corrected chi connectivity index (χ3v) is 4.92. The summed E-state index contributed by atoms with van der Waals surface area (Å²) in [5.74, 6) is -2.41. The standard InChI is InChI=1S/C16H16F2N2O3S/c1-10(12-5-8-14(17)15(18)9-12)20-16(21)11-3-6-13(7-4-11)24(22,23)19-2/h3-10,19H,1-2H3,(H,20,21). The Balaban J connectivity index is 2.13. The Kier molecular flexibility index (Phi) is 5.30. The number of carbonyl (C=O) groups is 1. The first-order valence-electron chi connectivity index (χ1n) is 7.04. The predicted molar refractivity (Wildman–Crippen MR) is 84.9 cm³/mol. The molecule has 0 spiro atoms. The van der Waals surface area contributed by atoms with Crippen molar-refractivity contribution in [1.29, 1.82) is 0 Å². The summed E-state index contributed by atoms with van der Waals surface area (Å²) in [4.78, 5) is 12.2. The number of hydrogen-bond donors (Lipinski definition) is 2. The van der Waals surface area contributed by atoms with Crippen LogP contribution in [0.4, 0.5) is 8.78 Å². The van der Waals surface area contributed by atoms with Crippen LogP contribution >= 0.6 is 0 Å². The molecule has 0 radical (unpaired) electrons. The Bertz CT molecular complexity index is 852. The van der Waals surface area contributed by atoms with E-state index in [0.29, 0.717) is 5.56 Å². The third-order valence-electron chi connectivity index (χ3n) is 3.49. The van der Waals surface area contributed by atoms with E-state index in [1.807, 2.05) is 0 Å². The number of halogens is 2. The molecule has 1 atom stereocenters. The molecule has 1 amide bonds. The summed E-state index contributed by atoms with van der Waals surface area (Å²) >= 11 is 0. The zero-order valence-corrected chi connectivity index (χ0v) is 13.8. The lowest BCUT2D eigenvalue weighted by Crippen LogP contribution is -2.27. The number of amides is 1. The van der Waals surface area contributed by atoms with Crippen molar-refractivity contribution in [2.45, 2.75) is 17.9 Å². The van der Waals surface area contributed by atoms with E-state index in [4.69, 9.17) is 0 Å². The van der Waals surface area contributed by atoms with Crippen molar-refractivity contribution in [2.24, 2.45) is 0 Å². The van der Waals surface area contributed by atoms with Crippen LogP contribution < -0.4 is 10.0 Å². The van der Waals surface area contributed by atoms with Crippen molar-refractivity contribution >= 4 is 15.9 Å². The second-order valence-electron chi connectivity index (χ2n) is 5.10. The number of hydrogen-bond acceptors (Lipinski definition) is 3. The van der Waals surface area contributed by atoms with Crippen LogP contribution in [0.5, 0.6) is 0 Å². The van der Waals surface area contributed by atoms with Gasteiger partial charge in [-0.05, 0) is 55.9 Å². The van der Waals surface area contributed by atoms with Crippen molar-refractivity contribution in [3.05, 3.63) is 65.2 Å². The van der Waals surface area contributed by atoms with Crippen molar-refractivity contribution in [3.8, 4) is 0 Å². The molecule has 8 heteroatoms. The minimum Gasteiger partial charge on any atom is -0.346 e. The van der Waals surface area contributed by atoms with Crippen LogP contribution in [0.25, 0.3) is 0 Å². The van der Waals surface area contributed by atoms with Gasteiger partial charge in [0.1, 0.15) is 0 Å². The van der Waals surface area contributed by atoms with Crippen LogP contribution in [-0.2, 0) is 10.0 Å². The van der Waals surface area contributed by atoms with Crippen LogP contribution in [0.1, 0.15) is 28.9 Å². The molecule has 0 fully saturated rings. The fraction of sp³-hybridized carbons (Fsp3) is 0.188. The molecule has 2 rings (SSSR count). The van der Waals surface area contributed by atoms with E-state index in [2.05, 4.69) is 10.0 Å². The number of carbonyl (C=O) groups excluding carboxylic acids is 1. The quantitative estimate of drug-likeness (QED) is 0.866. The summed E-state index contributed by atoms with van der Waals surface area (Å²) in [6.45, 7) is 1.63. The molecule has 0 heterocycles. The van der Waals surface area contributed by atoms with E-state index >= 15 is 0 Å². The maximum absolute atomic E-state index is 13.2. The first kappa shape index (κ1) is 18.0. The third kappa shape index (κ3) is 3.95. The van der Waals surface area contributed by atoms with E-state index in [1.54, 1.807) is 6.92 Å². The molecule has 0 saturated heterocycles. The molecule has 0 saturated carbocycles. The van der Waals surface area contributed by atoms with E-state index in [1.165, 1.54) is 37.4 Å². The monoisotopic (exact) mass is 354 g/mol. The number of nitrogens with one attached hydrogen (secondary N) is 2.